The van der Waals surface area contributed by atoms with Crippen LogP contribution < -0.4 is 15.4 Å². The number of anilines is 3. The zero-order valence-electron chi connectivity index (χ0n) is 16.2. The van der Waals surface area contributed by atoms with E-state index in [4.69, 9.17) is 11.6 Å². The lowest BCUT2D eigenvalue weighted by Gasteiger charge is -2.13. The van der Waals surface area contributed by atoms with Crippen molar-refractivity contribution in [1.29, 1.82) is 0 Å². The van der Waals surface area contributed by atoms with Crippen LogP contribution >= 0.6 is 27.5 Å². The maximum atomic E-state index is 12.8. The fourth-order valence-electron chi connectivity index (χ4n) is 2.71. The van der Waals surface area contributed by atoms with E-state index in [1.807, 2.05) is 19.1 Å². The molecule has 9 heteroatoms. The van der Waals surface area contributed by atoms with E-state index >= 15 is 0 Å². The Kier molecular flexibility index (Phi) is 6.70. The van der Waals surface area contributed by atoms with Gasteiger partial charge in [-0.1, -0.05) is 33.6 Å². The Morgan fingerprint density at radius 1 is 0.833 bits per heavy atom. The molecule has 0 atom stereocenters. The van der Waals surface area contributed by atoms with Gasteiger partial charge in [0.15, 0.2) is 0 Å². The molecule has 3 aromatic rings. The number of hydrogen-bond acceptors (Lipinski definition) is 3. The summed E-state index contributed by atoms with van der Waals surface area (Å²) in [5, 5.41) is 5.90. The van der Waals surface area contributed by atoms with Crippen molar-refractivity contribution >= 4 is 60.6 Å². The number of carbonyl (C=O) groups excluding carboxylic acids is 1. The molecule has 6 nitrogen and oxygen atoms in total. The van der Waals surface area contributed by atoms with E-state index < -0.39 is 16.1 Å². The van der Waals surface area contributed by atoms with Crippen LogP contribution in [0, 0.1) is 13.8 Å². The molecule has 0 aliphatic rings. The highest BCUT2D eigenvalue weighted by Crippen LogP contribution is 2.24. The smallest absolute Gasteiger partial charge is 0.308 e. The molecule has 0 aliphatic carbocycles. The number of carbonyl (C=O) groups is 1. The second-order valence-electron chi connectivity index (χ2n) is 6.64. The molecule has 2 amide bonds. The highest BCUT2D eigenvalue weighted by Gasteiger charge is 2.18. The molecule has 0 fully saturated rings. The first-order valence-corrected chi connectivity index (χ1v) is 11.5. The van der Waals surface area contributed by atoms with E-state index in [1.165, 1.54) is 6.07 Å². The van der Waals surface area contributed by atoms with Gasteiger partial charge in [-0.25, -0.2) is 13.2 Å². The Hall–Kier alpha value is -2.55. The van der Waals surface area contributed by atoms with E-state index in [-0.39, 0.29) is 4.90 Å². The number of benzene rings is 3. The van der Waals surface area contributed by atoms with E-state index in [1.54, 1.807) is 49.4 Å². The highest BCUT2D eigenvalue weighted by atomic mass is 79.9. The van der Waals surface area contributed by atoms with Crippen molar-refractivity contribution in [3.63, 3.8) is 0 Å². The molecule has 0 radical (unpaired) electrons. The van der Waals surface area contributed by atoms with Crippen LogP contribution in [0.15, 0.2) is 70.0 Å². The first kappa shape index (κ1) is 22.1. The third-order valence-corrected chi connectivity index (χ3v) is 6.91. The maximum Gasteiger partial charge on any atom is 0.323 e. The summed E-state index contributed by atoms with van der Waals surface area (Å²) in [4.78, 5) is 12.4. The minimum absolute atomic E-state index is 0.0646. The molecule has 156 valence electrons. The summed E-state index contributed by atoms with van der Waals surface area (Å²) in [5.74, 6) is 0. The van der Waals surface area contributed by atoms with Gasteiger partial charge in [0, 0.05) is 26.6 Å². The summed E-state index contributed by atoms with van der Waals surface area (Å²) in [6, 6.07) is 16.0. The van der Waals surface area contributed by atoms with Gasteiger partial charge >= 0.3 is 6.03 Å². The van der Waals surface area contributed by atoms with Gasteiger partial charge in [0.2, 0.25) is 0 Å². The molecular weight excluding hydrogens is 490 g/mol. The molecular formula is C21H19BrClN3O3S. The summed E-state index contributed by atoms with van der Waals surface area (Å²) < 4.78 is 29.1. The molecule has 0 heterocycles. The van der Waals surface area contributed by atoms with Gasteiger partial charge in [-0.3, -0.25) is 4.72 Å². The number of aryl methyl sites for hydroxylation is 2. The van der Waals surface area contributed by atoms with Crippen molar-refractivity contribution in [3.8, 4) is 0 Å². The summed E-state index contributed by atoms with van der Waals surface area (Å²) in [6.07, 6.45) is 0. The van der Waals surface area contributed by atoms with Crippen LogP contribution in [0.25, 0.3) is 0 Å². The number of nitrogens with one attached hydrogen (secondary N) is 3. The average molecular weight is 509 g/mol. The van der Waals surface area contributed by atoms with Crippen molar-refractivity contribution in [3.05, 3.63) is 81.3 Å². The Morgan fingerprint density at radius 3 is 2.03 bits per heavy atom. The minimum atomic E-state index is -3.85. The first-order valence-electron chi connectivity index (χ1n) is 8.87. The molecule has 3 aromatic carbocycles. The fraction of sp³-hybridized carbons (Fsp3) is 0.0952. The summed E-state index contributed by atoms with van der Waals surface area (Å²) in [5.41, 5.74) is 2.89. The number of rotatable bonds is 5. The second-order valence-corrected chi connectivity index (χ2v) is 9.58. The number of hydrogen-bond donors (Lipinski definition) is 3. The third kappa shape index (κ3) is 5.53. The van der Waals surface area contributed by atoms with Gasteiger partial charge < -0.3 is 10.6 Å². The van der Waals surface area contributed by atoms with Crippen molar-refractivity contribution in [1.82, 2.24) is 0 Å². The lowest BCUT2D eigenvalue weighted by Crippen LogP contribution is -2.20. The molecule has 0 unspecified atom stereocenters. The zero-order chi connectivity index (χ0) is 21.9. The van der Waals surface area contributed by atoms with Crippen molar-refractivity contribution in [2.75, 3.05) is 15.4 Å². The van der Waals surface area contributed by atoms with Crippen molar-refractivity contribution in [2.45, 2.75) is 18.7 Å². The third-order valence-electron chi connectivity index (χ3n) is 4.25. The minimum Gasteiger partial charge on any atom is -0.308 e. The van der Waals surface area contributed by atoms with Crippen LogP contribution in [0.1, 0.15) is 11.1 Å². The van der Waals surface area contributed by atoms with Crippen LogP contribution in [-0.2, 0) is 10.0 Å². The van der Waals surface area contributed by atoms with E-state index in [0.717, 1.165) is 10.0 Å². The molecule has 0 spiro atoms. The molecule has 0 saturated carbocycles. The van der Waals surface area contributed by atoms with Crippen molar-refractivity contribution in [2.24, 2.45) is 0 Å². The number of halogens is 2. The Labute approximate surface area is 188 Å². The van der Waals surface area contributed by atoms with Gasteiger partial charge in [0.25, 0.3) is 10.0 Å². The van der Waals surface area contributed by atoms with Gasteiger partial charge in [-0.05, 0) is 79.6 Å². The van der Waals surface area contributed by atoms with E-state index in [0.29, 0.717) is 27.6 Å². The largest absolute Gasteiger partial charge is 0.323 e. The molecule has 3 N–H and O–H groups in total. The molecule has 3 rings (SSSR count). The fourth-order valence-corrected chi connectivity index (χ4v) is 4.41. The van der Waals surface area contributed by atoms with Crippen LogP contribution in [0.5, 0.6) is 0 Å². The van der Waals surface area contributed by atoms with Gasteiger partial charge in [0.05, 0.1) is 4.90 Å². The molecule has 0 saturated heterocycles. The molecule has 0 aliphatic heterocycles. The number of sulfonamides is 1. The Bertz CT molecular complexity index is 1200. The first-order chi connectivity index (χ1) is 14.1. The van der Waals surface area contributed by atoms with Crippen LogP contribution in [0.3, 0.4) is 0 Å². The average Bonchev–Trinajstić information content (AvgIpc) is 2.68. The lowest BCUT2D eigenvalue weighted by atomic mass is 10.2. The predicted molar refractivity (Wildman–Crippen MR) is 125 cm³/mol. The summed E-state index contributed by atoms with van der Waals surface area (Å²) in [6.45, 7) is 3.60. The van der Waals surface area contributed by atoms with Crippen LogP contribution in [0.4, 0.5) is 21.9 Å². The van der Waals surface area contributed by atoms with E-state index in [2.05, 4.69) is 31.3 Å². The highest BCUT2D eigenvalue weighted by molar-refractivity contribution is 9.10. The lowest BCUT2D eigenvalue weighted by molar-refractivity contribution is 0.262. The number of amides is 2. The van der Waals surface area contributed by atoms with Crippen LogP contribution in [-0.4, -0.2) is 14.4 Å². The molecule has 30 heavy (non-hydrogen) atoms. The molecule has 0 aromatic heterocycles. The zero-order valence-corrected chi connectivity index (χ0v) is 19.3. The maximum absolute atomic E-state index is 12.8. The predicted octanol–water partition coefficient (Wildman–Crippen LogP) is 6.16. The number of urea groups is 1. The quantitative estimate of drug-likeness (QED) is 0.385. The monoisotopic (exact) mass is 507 g/mol. The Balaban J connectivity index is 1.77. The van der Waals surface area contributed by atoms with Gasteiger partial charge in [-0.2, -0.15) is 0 Å². The van der Waals surface area contributed by atoms with Gasteiger partial charge in [0.1, 0.15) is 0 Å². The molecule has 0 bridgehead atoms. The Morgan fingerprint density at radius 2 is 1.40 bits per heavy atom. The topological polar surface area (TPSA) is 87.3 Å². The summed E-state index contributed by atoms with van der Waals surface area (Å²) in [7, 11) is -3.85. The van der Waals surface area contributed by atoms with E-state index in [9.17, 15) is 13.2 Å². The van der Waals surface area contributed by atoms with Crippen LogP contribution in [0.2, 0.25) is 5.02 Å². The SMILES string of the molecule is Cc1cc(NC(=O)Nc2ccc(C)c(S(=O)(=O)Nc3ccc(Cl)cc3)c2)ccc1Br. The summed E-state index contributed by atoms with van der Waals surface area (Å²) >= 11 is 9.26. The second kappa shape index (κ2) is 9.07. The normalized spacial score (nSPS) is 11.1. The van der Waals surface area contributed by atoms with Crippen molar-refractivity contribution < 1.29 is 13.2 Å². The van der Waals surface area contributed by atoms with Gasteiger partial charge in [-0.15, -0.1) is 0 Å². The standard InChI is InChI=1S/C21H19BrClN3O3S/c1-13-3-6-18(25-21(27)24-17-9-10-19(22)14(2)11-17)12-20(13)30(28,29)26-16-7-4-15(23)5-8-16/h3-12,26H,1-2H3,(H2,24,25,27).